The molecule has 2 aliphatic heterocycles. The molecule has 3 atom stereocenters. The van der Waals surface area contributed by atoms with Gasteiger partial charge in [-0.1, -0.05) is 102 Å². The molecule has 1 aromatic heterocycles. The summed E-state index contributed by atoms with van der Waals surface area (Å²) in [5.74, 6) is 4.20. The number of fused-ring (bicyclic) bond motifs is 7. The van der Waals surface area contributed by atoms with Crippen molar-refractivity contribution < 1.29 is 9.47 Å². The Morgan fingerprint density at radius 3 is 2.26 bits per heavy atom. The van der Waals surface area contributed by atoms with Crippen molar-refractivity contribution in [1.29, 1.82) is 0 Å². The Kier molecular flexibility index (Phi) is 7.03. The van der Waals surface area contributed by atoms with Gasteiger partial charge in [0.2, 0.25) is 0 Å². The normalized spacial score (nSPS) is 17.5. The van der Waals surface area contributed by atoms with E-state index in [1.54, 1.807) is 0 Å². The summed E-state index contributed by atoms with van der Waals surface area (Å²) in [5, 5.41) is 2.47. The first-order valence-corrected chi connectivity index (χ1v) is 18.1. The van der Waals surface area contributed by atoms with Crippen LogP contribution < -0.4 is 14.4 Å². The van der Waals surface area contributed by atoms with Crippen LogP contribution in [0.4, 0.5) is 11.4 Å². The van der Waals surface area contributed by atoms with Gasteiger partial charge in [0.1, 0.15) is 17.5 Å². The van der Waals surface area contributed by atoms with Crippen LogP contribution in [0, 0.1) is 17.3 Å². The van der Waals surface area contributed by atoms with E-state index in [9.17, 15) is 0 Å². The third-order valence-corrected chi connectivity index (χ3v) is 11.2. The van der Waals surface area contributed by atoms with Crippen molar-refractivity contribution in [2.24, 2.45) is 17.3 Å². The van der Waals surface area contributed by atoms with E-state index in [4.69, 9.17) is 9.47 Å². The van der Waals surface area contributed by atoms with Gasteiger partial charge in [-0.05, 0) is 101 Å². The molecule has 250 valence electrons. The molecule has 0 spiro atoms. The predicted molar refractivity (Wildman–Crippen MR) is 207 cm³/mol. The fraction of sp³-hybridized carbons (Fsp3) is 0.261. The monoisotopic (exact) mass is 656 g/mol. The molecule has 6 aromatic rings. The summed E-state index contributed by atoms with van der Waals surface area (Å²) in [6, 6.07) is 37.6. The number of benzene rings is 5. The molecule has 1 aliphatic carbocycles. The van der Waals surface area contributed by atoms with Crippen LogP contribution in [0.25, 0.3) is 38.6 Å². The Bertz CT molecular complexity index is 2350. The van der Waals surface area contributed by atoms with E-state index < -0.39 is 0 Å². The van der Waals surface area contributed by atoms with Crippen LogP contribution in [0.2, 0.25) is 0 Å². The lowest BCUT2D eigenvalue weighted by Gasteiger charge is -2.42. The minimum absolute atomic E-state index is 0.0409. The fourth-order valence-electron chi connectivity index (χ4n) is 8.69. The molecular formula is C46H44N2O2. The Hall–Kier alpha value is -5.22. The first-order chi connectivity index (χ1) is 24.2. The summed E-state index contributed by atoms with van der Waals surface area (Å²) >= 11 is 0. The van der Waals surface area contributed by atoms with Gasteiger partial charge in [-0.25, -0.2) is 0 Å². The van der Waals surface area contributed by atoms with Gasteiger partial charge in [0.05, 0.1) is 22.4 Å². The first-order valence-electron chi connectivity index (χ1n) is 18.1. The summed E-state index contributed by atoms with van der Waals surface area (Å²) in [6.07, 6.45) is 7.28. The Morgan fingerprint density at radius 2 is 1.46 bits per heavy atom. The summed E-state index contributed by atoms with van der Waals surface area (Å²) < 4.78 is 15.7. The standard InChI is InChI=1S/C46H44N2O2/c1-28(2)29(3)44(46(4,5)6)30-19-22-33(23-20-30)47-36-14-8-7-13-34(36)35-25-31(21-24-37(35)47)32-26-42-45-43(27-32)50-41-18-12-10-16-39(41)48(45)38-15-9-11-17-40(38)49-42/h7-17,19-29,41,44H,18H2,1-6H3. The van der Waals surface area contributed by atoms with Crippen LogP contribution in [-0.2, 0) is 0 Å². The van der Waals surface area contributed by atoms with Gasteiger partial charge in [-0.15, -0.1) is 0 Å². The number of hydrogen-bond acceptors (Lipinski definition) is 3. The minimum atomic E-state index is -0.0409. The van der Waals surface area contributed by atoms with Gasteiger partial charge in [0, 0.05) is 22.9 Å². The molecular weight excluding hydrogens is 613 g/mol. The first kappa shape index (κ1) is 30.8. The molecule has 0 saturated carbocycles. The molecule has 0 saturated heterocycles. The fourth-order valence-corrected chi connectivity index (χ4v) is 8.69. The zero-order chi connectivity index (χ0) is 34.3. The molecule has 4 heteroatoms. The lowest BCUT2D eigenvalue weighted by Crippen LogP contribution is -2.37. The maximum Gasteiger partial charge on any atom is 0.156 e. The number of hydrogen-bond donors (Lipinski definition) is 0. The maximum atomic E-state index is 6.71. The highest BCUT2D eigenvalue weighted by atomic mass is 16.5. The number of allylic oxidation sites excluding steroid dienone is 2. The van der Waals surface area contributed by atoms with E-state index in [1.807, 2.05) is 6.07 Å². The van der Waals surface area contributed by atoms with Gasteiger partial charge in [0.15, 0.2) is 11.5 Å². The number of aromatic nitrogens is 1. The largest absolute Gasteiger partial charge is 0.481 e. The average molecular weight is 657 g/mol. The lowest BCUT2D eigenvalue weighted by molar-refractivity contribution is 0.205. The number of anilines is 2. The highest BCUT2D eigenvalue weighted by molar-refractivity contribution is 6.10. The number of ether oxygens (including phenoxy) is 2. The molecule has 0 bridgehead atoms. The van der Waals surface area contributed by atoms with E-state index in [0.29, 0.717) is 17.8 Å². The Labute approximate surface area is 295 Å². The van der Waals surface area contributed by atoms with Gasteiger partial charge in [-0.2, -0.15) is 0 Å². The molecule has 50 heavy (non-hydrogen) atoms. The quantitative estimate of drug-likeness (QED) is 0.185. The van der Waals surface area contributed by atoms with Crippen molar-refractivity contribution in [3.63, 3.8) is 0 Å². The molecule has 3 heterocycles. The maximum absolute atomic E-state index is 6.71. The van der Waals surface area contributed by atoms with Crippen LogP contribution in [0.15, 0.2) is 127 Å². The second-order valence-electron chi connectivity index (χ2n) is 15.7. The second kappa shape index (κ2) is 11.4. The van der Waals surface area contributed by atoms with Crippen LogP contribution in [0.1, 0.15) is 59.4 Å². The number of rotatable bonds is 5. The van der Waals surface area contributed by atoms with Crippen molar-refractivity contribution in [3.05, 3.63) is 133 Å². The predicted octanol–water partition coefficient (Wildman–Crippen LogP) is 12.7. The van der Waals surface area contributed by atoms with E-state index in [2.05, 4.69) is 166 Å². The Balaban J connectivity index is 1.15. The smallest absolute Gasteiger partial charge is 0.156 e. The highest BCUT2D eigenvalue weighted by Crippen LogP contribution is 2.57. The van der Waals surface area contributed by atoms with Crippen LogP contribution in [0.3, 0.4) is 0 Å². The highest BCUT2D eigenvalue weighted by Gasteiger charge is 2.39. The van der Waals surface area contributed by atoms with E-state index in [0.717, 1.165) is 51.9 Å². The van der Waals surface area contributed by atoms with Crippen molar-refractivity contribution in [1.82, 2.24) is 4.57 Å². The van der Waals surface area contributed by atoms with E-state index in [-0.39, 0.29) is 11.5 Å². The molecule has 9 rings (SSSR count). The average Bonchev–Trinajstić information content (AvgIpc) is 3.44. The van der Waals surface area contributed by atoms with Crippen LogP contribution in [-0.4, -0.2) is 10.7 Å². The molecule has 3 aliphatic rings. The van der Waals surface area contributed by atoms with Crippen molar-refractivity contribution in [3.8, 4) is 34.1 Å². The topological polar surface area (TPSA) is 26.6 Å². The molecule has 5 aromatic carbocycles. The molecule has 0 fully saturated rings. The SMILES string of the molecule is CC(C)C(C)C(c1ccc(-n2c3ccccc3c3cc(-c4cc5c6c(c4)OC4CC=CC=C4N6c4ccccc4O5)ccc32)cc1)C(C)(C)C. The van der Waals surface area contributed by atoms with Gasteiger partial charge < -0.3 is 18.9 Å². The summed E-state index contributed by atoms with van der Waals surface area (Å²) in [4.78, 5) is 2.33. The van der Waals surface area contributed by atoms with Crippen molar-refractivity contribution in [2.45, 2.75) is 60.0 Å². The summed E-state index contributed by atoms with van der Waals surface area (Å²) in [5.41, 5.74) is 10.6. The minimum Gasteiger partial charge on any atom is -0.481 e. The van der Waals surface area contributed by atoms with Crippen LogP contribution in [0.5, 0.6) is 17.2 Å². The number of nitrogens with zero attached hydrogens (tertiary/aromatic N) is 2. The van der Waals surface area contributed by atoms with Crippen LogP contribution >= 0.6 is 0 Å². The molecule has 4 nitrogen and oxygen atoms in total. The van der Waals surface area contributed by atoms with Gasteiger partial charge in [0.25, 0.3) is 0 Å². The van der Waals surface area contributed by atoms with E-state index >= 15 is 0 Å². The third-order valence-electron chi connectivity index (χ3n) is 11.2. The number of para-hydroxylation sites is 3. The second-order valence-corrected chi connectivity index (χ2v) is 15.7. The summed E-state index contributed by atoms with van der Waals surface area (Å²) in [7, 11) is 0. The molecule has 0 amide bonds. The lowest BCUT2D eigenvalue weighted by atomic mass is 9.67. The zero-order valence-electron chi connectivity index (χ0n) is 29.8. The van der Waals surface area contributed by atoms with Gasteiger partial charge in [-0.3, -0.25) is 0 Å². The van der Waals surface area contributed by atoms with Crippen molar-refractivity contribution in [2.75, 3.05) is 4.90 Å². The zero-order valence-corrected chi connectivity index (χ0v) is 29.8. The third kappa shape index (κ3) is 4.80. The van der Waals surface area contributed by atoms with E-state index in [1.165, 1.54) is 33.1 Å². The molecule has 0 N–H and O–H groups in total. The molecule has 0 radical (unpaired) electrons. The van der Waals surface area contributed by atoms with Crippen molar-refractivity contribution >= 4 is 33.2 Å². The Morgan fingerprint density at radius 1 is 0.720 bits per heavy atom. The van der Waals surface area contributed by atoms with Gasteiger partial charge >= 0.3 is 0 Å². The molecule has 3 unspecified atom stereocenters. The summed E-state index contributed by atoms with van der Waals surface area (Å²) in [6.45, 7) is 14.2.